The van der Waals surface area contributed by atoms with Crippen LogP contribution in [0.15, 0.2) is 6.07 Å². The number of nitrogens with zero attached hydrogens (tertiary/aromatic N) is 1. The van der Waals surface area contributed by atoms with E-state index in [1.807, 2.05) is 0 Å². The molecule has 0 saturated heterocycles. The Morgan fingerprint density at radius 1 is 1.31 bits per heavy atom. The second kappa shape index (κ2) is 7.69. The lowest BCUT2D eigenvalue weighted by atomic mass is 9.85. The third kappa shape index (κ3) is 4.20. The smallest absolute Gasteiger partial charge is 0.382 e. The largest absolute Gasteiger partial charge is 0.391 e. The molecule has 1 amide bonds. The number of carbonyl (C=O) groups is 1. The molecule has 1 aliphatic carbocycles. The van der Waals surface area contributed by atoms with Crippen molar-refractivity contribution >= 4 is 28.9 Å². The van der Waals surface area contributed by atoms with Crippen molar-refractivity contribution in [2.45, 2.75) is 44.8 Å². The molecule has 1 aromatic carbocycles. The molecule has 1 saturated carbocycles. The van der Waals surface area contributed by atoms with E-state index in [9.17, 15) is 28.1 Å². The Kier molecular flexibility index (Phi) is 6.00. The summed E-state index contributed by atoms with van der Waals surface area (Å²) in [6, 6.07) is 0.665. The van der Waals surface area contributed by atoms with Gasteiger partial charge in [-0.15, -0.1) is 0 Å². The molecule has 1 aromatic rings. The molecule has 1 fully saturated rings. The van der Waals surface area contributed by atoms with Gasteiger partial charge in [0.25, 0.3) is 11.6 Å². The predicted molar refractivity (Wildman–Crippen MR) is 91.7 cm³/mol. The summed E-state index contributed by atoms with van der Waals surface area (Å²) in [5, 5.41) is 16.6. The number of halogens is 4. The van der Waals surface area contributed by atoms with Gasteiger partial charge in [-0.1, -0.05) is 11.6 Å². The van der Waals surface area contributed by atoms with Crippen LogP contribution in [0.5, 0.6) is 0 Å². The van der Waals surface area contributed by atoms with Gasteiger partial charge in [0.05, 0.1) is 21.4 Å². The zero-order valence-electron chi connectivity index (χ0n) is 14.2. The van der Waals surface area contributed by atoms with E-state index >= 15 is 0 Å². The first-order valence-corrected chi connectivity index (χ1v) is 8.46. The molecule has 1 aliphatic rings. The maximum Gasteiger partial charge on any atom is 0.391 e. The van der Waals surface area contributed by atoms with E-state index in [1.165, 1.54) is 7.05 Å². The molecule has 0 bridgehead atoms. The third-order valence-electron chi connectivity index (χ3n) is 4.69. The number of hydrogen-bond donors (Lipinski definition) is 2. The van der Waals surface area contributed by atoms with Crippen molar-refractivity contribution in [1.82, 2.24) is 5.32 Å². The van der Waals surface area contributed by atoms with Crippen molar-refractivity contribution in [3.8, 4) is 0 Å². The molecular formula is C16H19ClF3N3O3. The highest BCUT2D eigenvalue weighted by Gasteiger charge is 2.41. The molecule has 0 spiro atoms. The normalized spacial score (nSPS) is 20.5. The van der Waals surface area contributed by atoms with E-state index in [0.29, 0.717) is 5.56 Å². The molecule has 2 N–H and O–H groups in total. The van der Waals surface area contributed by atoms with Crippen LogP contribution in [0.4, 0.5) is 24.5 Å². The maximum absolute atomic E-state index is 12.7. The topological polar surface area (TPSA) is 84.3 Å². The Morgan fingerprint density at radius 2 is 1.88 bits per heavy atom. The van der Waals surface area contributed by atoms with Crippen LogP contribution in [0.2, 0.25) is 5.02 Å². The number of alkyl halides is 3. The molecule has 0 heterocycles. The summed E-state index contributed by atoms with van der Waals surface area (Å²) >= 11 is 6.18. The number of benzene rings is 1. The standard InChI is InChI=1S/C16H19ClF3N3O3/c1-8-13(17)11(7-12(23(25)26)14(8)21-2)15(24)22-10-5-3-9(4-6-10)16(18,19)20/h7,9-10,21H,3-6H2,1-2H3,(H,22,24)/t9-,10-. The van der Waals surface area contributed by atoms with E-state index in [-0.39, 0.29) is 47.6 Å². The second-order valence-corrected chi connectivity index (χ2v) is 6.71. The van der Waals surface area contributed by atoms with Gasteiger partial charge >= 0.3 is 6.18 Å². The number of nitro benzene ring substituents is 1. The summed E-state index contributed by atoms with van der Waals surface area (Å²) in [6.07, 6.45) is -3.94. The monoisotopic (exact) mass is 393 g/mol. The summed E-state index contributed by atoms with van der Waals surface area (Å²) in [6.45, 7) is 1.55. The number of carbonyl (C=O) groups excluding carboxylic acids is 1. The molecule has 0 atom stereocenters. The van der Waals surface area contributed by atoms with Gasteiger partial charge in [-0.25, -0.2) is 0 Å². The Labute approximate surface area is 153 Å². The number of nitrogens with one attached hydrogen (secondary N) is 2. The first kappa shape index (κ1) is 20.3. The van der Waals surface area contributed by atoms with Gasteiger partial charge in [-0.2, -0.15) is 13.2 Å². The third-order valence-corrected chi connectivity index (χ3v) is 5.18. The van der Waals surface area contributed by atoms with E-state index in [1.54, 1.807) is 6.92 Å². The minimum absolute atomic E-state index is 0.0555. The summed E-state index contributed by atoms with van der Waals surface area (Å²) in [7, 11) is 1.50. The van der Waals surface area contributed by atoms with Crippen molar-refractivity contribution in [3.63, 3.8) is 0 Å². The Bertz CT molecular complexity index is 717. The van der Waals surface area contributed by atoms with Crippen molar-refractivity contribution < 1.29 is 22.9 Å². The lowest BCUT2D eigenvalue weighted by molar-refractivity contribution is -0.384. The first-order valence-electron chi connectivity index (χ1n) is 8.09. The number of anilines is 1. The van der Waals surface area contributed by atoms with Crippen LogP contribution in [0.1, 0.15) is 41.6 Å². The van der Waals surface area contributed by atoms with Crippen molar-refractivity contribution in [1.29, 1.82) is 0 Å². The zero-order chi connectivity index (χ0) is 19.6. The summed E-state index contributed by atoms with van der Waals surface area (Å²) in [5.41, 5.74) is 0.213. The highest BCUT2D eigenvalue weighted by Crippen LogP contribution is 2.38. The summed E-state index contributed by atoms with van der Waals surface area (Å²) < 4.78 is 38.1. The van der Waals surface area contributed by atoms with Crippen LogP contribution in [-0.4, -0.2) is 30.1 Å². The van der Waals surface area contributed by atoms with Crippen LogP contribution in [0, 0.1) is 23.0 Å². The molecule has 0 radical (unpaired) electrons. The van der Waals surface area contributed by atoms with Crippen molar-refractivity contribution in [2.75, 3.05) is 12.4 Å². The van der Waals surface area contributed by atoms with E-state index in [2.05, 4.69) is 10.6 Å². The molecule has 26 heavy (non-hydrogen) atoms. The fourth-order valence-corrected chi connectivity index (χ4v) is 3.46. The molecule has 0 aromatic heterocycles. The molecule has 0 aliphatic heterocycles. The number of rotatable bonds is 4. The Morgan fingerprint density at radius 3 is 2.35 bits per heavy atom. The minimum Gasteiger partial charge on any atom is -0.382 e. The van der Waals surface area contributed by atoms with Gasteiger partial charge in [-0.05, 0) is 38.2 Å². The average Bonchev–Trinajstić information content (AvgIpc) is 2.56. The van der Waals surface area contributed by atoms with Crippen LogP contribution in [0.25, 0.3) is 0 Å². The predicted octanol–water partition coefficient (Wildman–Crippen LogP) is 4.45. The number of nitro groups is 1. The molecule has 144 valence electrons. The van der Waals surface area contributed by atoms with Crippen LogP contribution in [-0.2, 0) is 0 Å². The van der Waals surface area contributed by atoms with Crippen LogP contribution < -0.4 is 10.6 Å². The molecular weight excluding hydrogens is 375 g/mol. The van der Waals surface area contributed by atoms with E-state index in [4.69, 9.17) is 11.6 Å². The zero-order valence-corrected chi connectivity index (χ0v) is 15.0. The fourth-order valence-electron chi connectivity index (χ4n) is 3.23. The van der Waals surface area contributed by atoms with Crippen LogP contribution >= 0.6 is 11.6 Å². The molecule has 10 heteroatoms. The molecule has 6 nitrogen and oxygen atoms in total. The van der Waals surface area contributed by atoms with Crippen molar-refractivity contribution in [3.05, 3.63) is 32.3 Å². The second-order valence-electron chi connectivity index (χ2n) is 6.33. The fraction of sp³-hybridized carbons (Fsp3) is 0.562. The lowest BCUT2D eigenvalue weighted by Crippen LogP contribution is -2.40. The Balaban J connectivity index is 2.17. The number of hydrogen-bond acceptors (Lipinski definition) is 4. The molecule has 2 rings (SSSR count). The molecule has 0 unspecified atom stereocenters. The van der Waals surface area contributed by atoms with Gasteiger partial charge in [0.2, 0.25) is 0 Å². The van der Waals surface area contributed by atoms with Gasteiger partial charge in [0.1, 0.15) is 5.69 Å². The minimum atomic E-state index is -4.22. The van der Waals surface area contributed by atoms with Gasteiger partial charge in [0, 0.05) is 19.2 Å². The summed E-state index contributed by atoms with van der Waals surface area (Å²) in [4.78, 5) is 23.1. The van der Waals surface area contributed by atoms with Crippen LogP contribution in [0.3, 0.4) is 0 Å². The highest BCUT2D eigenvalue weighted by molar-refractivity contribution is 6.35. The van der Waals surface area contributed by atoms with E-state index in [0.717, 1.165) is 6.07 Å². The van der Waals surface area contributed by atoms with Crippen molar-refractivity contribution in [2.24, 2.45) is 5.92 Å². The number of amides is 1. The Hall–Kier alpha value is -2.03. The van der Waals surface area contributed by atoms with Gasteiger partial charge in [-0.3, -0.25) is 14.9 Å². The average molecular weight is 394 g/mol. The maximum atomic E-state index is 12.7. The van der Waals surface area contributed by atoms with E-state index < -0.39 is 29.0 Å². The SMILES string of the molecule is CNc1c([N+](=O)[O-])cc(C(=O)N[C@H]2CC[C@H](C(F)(F)F)CC2)c(Cl)c1C. The van der Waals surface area contributed by atoms with Gasteiger partial charge < -0.3 is 10.6 Å². The quantitative estimate of drug-likeness (QED) is 0.584. The summed E-state index contributed by atoms with van der Waals surface area (Å²) in [5.74, 6) is -1.98. The first-order chi connectivity index (χ1) is 12.1. The highest BCUT2D eigenvalue weighted by atomic mass is 35.5. The lowest BCUT2D eigenvalue weighted by Gasteiger charge is -2.30. The van der Waals surface area contributed by atoms with Gasteiger partial charge in [0.15, 0.2) is 0 Å².